The molecule has 0 saturated heterocycles. The number of hydrogen-bond acceptors (Lipinski definition) is 2. The Hall–Kier alpha value is 0.0200. The smallest absolute Gasteiger partial charge is 0.210 e. The molecule has 3 nitrogen and oxygen atoms in total. The van der Waals surface area contributed by atoms with E-state index in [1.54, 1.807) is 6.92 Å². The minimum absolute atomic E-state index is 0.0132. The third-order valence-electron chi connectivity index (χ3n) is 1.74. The molecule has 0 aliphatic carbocycles. The van der Waals surface area contributed by atoms with Crippen molar-refractivity contribution in [3.05, 3.63) is 28.5 Å². The van der Waals surface area contributed by atoms with E-state index >= 15 is 0 Å². The fourth-order valence-electron chi connectivity index (χ4n) is 0.995. The van der Waals surface area contributed by atoms with Gasteiger partial charge < -0.3 is 0 Å². The van der Waals surface area contributed by atoms with Gasteiger partial charge in [-0.05, 0) is 18.2 Å². The maximum Gasteiger partial charge on any atom is 0.243 e. The van der Waals surface area contributed by atoms with E-state index in [1.807, 2.05) is 0 Å². The minimum atomic E-state index is -3.78. The van der Waals surface area contributed by atoms with Gasteiger partial charge in [-0.15, -0.1) is 0 Å². The van der Waals surface area contributed by atoms with Crippen molar-refractivity contribution in [3.8, 4) is 0 Å². The van der Waals surface area contributed by atoms with Crippen LogP contribution in [0, 0.1) is 5.82 Å². The fraction of sp³-hybridized carbons (Fsp3) is 0.333. The Bertz CT molecular complexity index is 476. The topological polar surface area (TPSA) is 46.2 Å². The average Bonchev–Trinajstić information content (AvgIpc) is 2.14. The lowest BCUT2D eigenvalue weighted by molar-refractivity contribution is 0.557. The number of alkyl halides is 1. The van der Waals surface area contributed by atoms with E-state index in [4.69, 9.17) is 0 Å². The van der Waals surface area contributed by atoms with Crippen LogP contribution in [0.3, 0.4) is 0 Å². The zero-order chi connectivity index (χ0) is 12.3. The fourth-order valence-corrected chi connectivity index (χ4v) is 2.89. The number of hydrogen-bond donors (Lipinski definition) is 1. The third kappa shape index (κ3) is 3.80. The molecule has 0 bridgehead atoms. The summed E-state index contributed by atoms with van der Waals surface area (Å²) in [5.41, 5.74) is 0. The summed E-state index contributed by atoms with van der Waals surface area (Å²) in [6, 6.07) is 3.82. The second-order valence-corrected chi connectivity index (χ2v) is 7.42. The number of rotatable bonds is 4. The highest BCUT2D eigenvalue weighted by molar-refractivity contribution is 9.10. The zero-order valence-corrected chi connectivity index (χ0v) is 12.4. The highest BCUT2D eigenvalue weighted by Crippen LogP contribution is 2.19. The standard InChI is InChI=1S/C9H10Br2FNO2S/c1-6(10)5-13-16(14,15)9-3-2-7(11)4-8(9)12/h2-4,6,13H,5H2,1H3. The van der Waals surface area contributed by atoms with Crippen LogP contribution in [-0.4, -0.2) is 19.8 Å². The average molecular weight is 375 g/mol. The van der Waals surface area contributed by atoms with Gasteiger partial charge in [0.05, 0.1) is 0 Å². The molecule has 1 aromatic rings. The number of benzene rings is 1. The van der Waals surface area contributed by atoms with Gasteiger partial charge in [0, 0.05) is 15.8 Å². The molecule has 0 fully saturated rings. The molecule has 1 aromatic carbocycles. The summed E-state index contributed by atoms with van der Waals surface area (Å²) in [5, 5.41) is 0. The van der Waals surface area contributed by atoms with Gasteiger partial charge in [-0.2, -0.15) is 0 Å². The van der Waals surface area contributed by atoms with Crippen LogP contribution in [0.1, 0.15) is 6.92 Å². The summed E-state index contributed by atoms with van der Waals surface area (Å²) in [6.45, 7) is 2.00. The van der Waals surface area contributed by atoms with Gasteiger partial charge in [-0.25, -0.2) is 17.5 Å². The predicted octanol–water partition coefficient (Wildman–Crippen LogP) is 2.65. The molecule has 0 radical (unpaired) electrons. The normalized spacial score (nSPS) is 13.8. The molecule has 0 aliphatic heterocycles. The molecule has 1 rings (SSSR count). The first-order valence-electron chi connectivity index (χ1n) is 4.41. The lowest BCUT2D eigenvalue weighted by Gasteiger charge is -2.08. The van der Waals surface area contributed by atoms with E-state index < -0.39 is 15.8 Å². The first-order valence-corrected chi connectivity index (χ1v) is 7.61. The Kier molecular flexibility index (Phi) is 4.90. The SMILES string of the molecule is CC(Br)CNS(=O)(=O)c1ccc(Br)cc1F. The van der Waals surface area contributed by atoms with Gasteiger partial charge in [0.2, 0.25) is 10.0 Å². The number of sulfonamides is 1. The Balaban J connectivity index is 2.99. The second-order valence-electron chi connectivity index (χ2n) is 3.21. The van der Waals surface area contributed by atoms with Gasteiger partial charge in [-0.3, -0.25) is 0 Å². The molecule has 0 aromatic heterocycles. The summed E-state index contributed by atoms with van der Waals surface area (Å²) in [5.74, 6) is -0.774. The lowest BCUT2D eigenvalue weighted by Crippen LogP contribution is -2.29. The van der Waals surface area contributed by atoms with Crippen molar-refractivity contribution < 1.29 is 12.8 Å². The highest BCUT2D eigenvalue weighted by Gasteiger charge is 2.19. The molecule has 1 N–H and O–H groups in total. The highest BCUT2D eigenvalue weighted by atomic mass is 79.9. The van der Waals surface area contributed by atoms with Crippen molar-refractivity contribution in [2.75, 3.05) is 6.54 Å². The zero-order valence-electron chi connectivity index (χ0n) is 8.38. The Labute approximate surface area is 111 Å². The summed E-state index contributed by atoms with van der Waals surface area (Å²) in [7, 11) is -3.78. The van der Waals surface area contributed by atoms with Gasteiger partial charge in [0.15, 0.2) is 0 Å². The van der Waals surface area contributed by atoms with Gasteiger partial charge >= 0.3 is 0 Å². The molecule has 0 heterocycles. The summed E-state index contributed by atoms with van der Waals surface area (Å²) >= 11 is 6.26. The van der Waals surface area contributed by atoms with Crippen LogP contribution in [-0.2, 0) is 10.0 Å². The van der Waals surface area contributed by atoms with Crippen LogP contribution in [0.4, 0.5) is 4.39 Å². The monoisotopic (exact) mass is 373 g/mol. The molecular weight excluding hydrogens is 365 g/mol. The quantitative estimate of drug-likeness (QED) is 0.823. The number of nitrogens with one attached hydrogen (secondary N) is 1. The van der Waals surface area contributed by atoms with Crippen molar-refractivity contribution >= 4 is 41.9 Å². The maximum absolute atomic E-state index is 13.4. The van der Waals surface area contributed by atoms with Crippen LogP contribution in [0.25, 0.3) is 0 Å². The van der Waals surface area contributed by atoms with Crippen LogP contribution >= 0.6 is 31.9 Å². The maximum atomic E-state index is 13.4. The molecular formula is C9H10Br2FNO2S. The molecule has 1 unspecified atom stereocenters. The van der Waals surface area contributed by atoms with Crippen molar-refractivity contribution in [3.63, 3.8) is 0 Å². The molecule has 0 aliphatic rings. The molecule has 0 amide bonds. The van der Waals surface area contributed by atoms with Gasteiger partial charge in [0.25, 0.3) is 0 Å². The summed E-state index contributed by atoms with van der Waals surface area (Å²) in [6.07, 6.45) is 0. The van der Waals surface area contributed by atoms with Crippen molar-refractivity contribution in [1.29, 1.82) is 0 Å². The molecule has 1 atom stereocenters. The van der Waals surface area contributed by atoms with E-state index in [-0.39, 0.29) is 16.3 Å². The predicted molar refractivity (Wildman–Crippen MR) is 67.7 cm³/mol. The molecule has 90 valence electrons. The Morgan fingerprint density at radius 3 is 2.62 bits per heavy atom. The number of halogens is 3. The van der Waals surface area contributed by atoms with Gasteiger partial charge in [0.1, 0.15) is 10.7 Å². The Morgan fingerprint density at radius 2 is 2.12 bits per heavy atom. The second kappa shape index (κ2) is 5.57. The van der Waals surface area contributed by atoms with E-state index in [0.29, 0.717) is 4.47 Å². The van der Waals surface area contributed by atoms with E-state index in [2.05, 4.69) is 36.6 Å². The van der Waals surface area contributed by atoms with Crippen molar-refractivity contribution in [2.24, 2.45) is 0 Å². The largest absolute Gasteiger partial charge is 0.243 e. The molecule has 0 spiro atoms. The van der Waals surface area contributed by atoms with Crippen LogP contribution in [0.2, 0.25) is 0 Å². The lowest BCUT2D eigenvalue weighted by atomic mass is 10.3. The Morgan fingerprint density at radius 1 is 1.50 bits per heavy atom. The van der Waals surface area contributed by atoms with Gasteiger partial charge in [-0.1, -0.05) is 38.8 Å². The molecule has 16 heavy (non-hydrogen) atoms. The van der Waals surface area contributed by atoms with Crippen LogP contribution in [0.5, 0.6) is 0 Å². The van der Waals surface area contributed by atoms with Crippen LogP contribution < -0.4 is 4.72 Å². The minimum Gasteiger partial charge on any atom is -0.210 e. The third-order valence-corrected chi connectivity index (χ3v) is 4.01. The van der Waals surface area contributed by atoms with Crippen molar-refractivity contribution in [2.45, 2.75) is 16.6 Å². The van der Waals surface area contributed by atoms with E-state index in [9.17, 15) is 12.8 Å². The van der Waals surface area contributed by atoms with Crippen LogP contribution in [0.15, 0.2) is 27.6 Å². The molecule has 7 heteroatoms. The van der Waals surface area contributed by atoms with E-state index in [0.717, 1.165) is 6.07 Å². The van der Waals surface area contributed by atoms with Crippen molar-refractivity contribution in [1.82, 2.24) is 4.72 Å². The molecule has 0 saturated carbocycles. The first kappa shape index (κ1) is 14.1. The summed E-state index contributed by atoms with van der Waals surface area (Å²) < 4.78 is 39.6. The summed E-state index contributed by atoms with van der Waals surface area (Å²) in [4.78, 5) is -0.357. The van der Waals surface area contributed by atoms with E-state index in [1.165, 1.54) is 12.1 Å². The first-order chi connectivity index (χ1) is 7.33.